The van der Waals surface area contributed by atoms with Crippen LogP contribution in [0, 0.1) is 5.92 Å². The molecule has 0 atom stereocenters. The van der Waals surface area contributed by atoms with Gasteiger partial charge >= 0.3 is 6.03 Å². The first-order valence-electron chi connectivity index (χ1n) is 6.33. The highest BCUT2D eigenvalue weighted by atomic mass is 35.5. The van der Waals surface area contributed by atoms with Gasteiger partial charge in [0.2, 0.25) is 5.96 Å². The van der Waals surface area contributed by atoms with Crippen LogP contribution >= 0.6 is 35.6 Å². The van der Waals surface area contributed by atoms with Crippen molar-refractivity contribution in [3.8, 4) is 0 Å². The lowest BCUT2D eigenvalue weighted by Crippen LogP contribution is -2.41. The second kappa shape index (κ2) is 8.32. The van der Waals surface area contributed by atoms with E-state index in [4.69, 9.17) is 23.2 Å². The number of amides is 2. The summed E-state index contributed by atoms with van der Waals surface area (Å²) in [4.78, 5) is 15.8. The lowest BCUT2D eigenvalue weighted by Gasteiger charge is -2.12. The van der Waals surface area contributed by atoms with Gasteiger partial charge in [0.25, 0.3) is 0 Å². The van der Waals surface area contributed by atoms with Crippen molar-refractivity contribution in [1.29, 1.82) is 0 Å². The molecular weight excluding hydrogens is 335 g/mol. The predicted octanol–water partition coefficient (Wildman–Crippen LogP) is 3.52. The highest BCUT2D eigenvalue weighted by Gasteiger charge is 2.21. The largest absolute Gasteiger partial charge is 0.341 e. The van der Waals surface area contributed by atoms with E-state index in [1.165, 1.54) is 12.8 Å². The van der Waals surface area contributed by atoms with Crippen LogP contribution in [0.15, 0.2) is 23.2 Å². The summed E-state index contributed by atoms with van der Waals surface area (Å²) in [6.45, 7) is 0.692. The van der Waals surface area contributed by atoms with Crippen molar-refractivity contribution in [1.82, 2.24) is 10.6 Å². The maximum absolute atomic E-state index is 11.4. The highest BCUT2D eigenvalue weighted by molar-refractivity contribution is 6.36. The van der Waals surface area contributed by atoms with E-state index in [0.717, 1.165) is 0 Å². The number of urea groups is 1. The number of aliphatic imine (C=N–C) groups is 1. The molecule has 1 aromatic rings. The molecule has 2 amide bonds. The van der Waals surface area contributed by atoms with Gasteiger partial charge in [-0.3, -0.25) is 10.3 Å². The van der Waals surface area contributed by atoms with E-state index in [1.807, 2.05) is 0 Å². The van der Waals surface area contributed by atoms with Gasteiger partial charge < -0.3 is 10.6 Å². The van der Waals surface area contributed by atoms with Crippen molar-refractivity contribution >= 4 is 53.3 Å². The number of anilines is 1. The first-order chi connectivity index (χ1) is 9.58. The fraction of sp³-hybridized carbons (Fsp3) is 0.385. The third-order valence-corrected chi connectivity index (χ3v) is 3.40. The van der Waals surface area contributed by atoms with Gasteiger partial charge in [0.1, 0.15) is 0 Å². The Balaban J connectivity index is 0.00000220. The van der Waals surface area contributed by atoms with E-state index in [2.05, 4.69) is 20.9 Å². The Hall–Kier alpha value is -1.17. The number of benzene rings is 1. The van der Waals surface area contributed by atoms with Gasteiger partial charge in [0.15, 0.2) is 0 Å². The number of carbonyl (C=O) groups excluding carboxylic acids is 1. The third-order valence-electron chi connectivity index (χ3n) is 2.85. The Morgan fingerprint density at radius 2 is 2.10 bits per heavy atom. The number of halogens is 3. The molecule has 0 aromatic heterocycles. The fourth-order valence-electron chi connectivity index (χ4n) is 1.52. The minimum atomic E-state index is -0.336. The molecule has 0 radical (unpaired) electrons. The molecule has 1 fully saturated rings. The van der Waals surface area contributed by atoms with Crippen LogP contribution in [0.5, 0.6) is 0 Å². The van der Waals surface area contributed by atoms with Crippen molar-refractivity contribution in [2.75, 3.05) is 18.9 Å². The van der Waals surface area contributed by atoms with Gasteiger partial charge in [0.05, 0.1) is 10.7 Å². The van der Waals surface area contributed by atoms with Gasteiger partial charge in [-0.25, -0.2) is 4.79 Å². The maximum atomic E-state index is 11.4. The minimum Gasteiger partial charge on any atom is -0.341 e. The number of hydrogen-bond donors (Lipinski definition) is 3. The average Bonchev–Trinajstić information content (AvgIpc) is 3.23. The summed E-state index contributed by atoms with van der Waals surface area (Å²) in [5, 5.41) is 9.15. The van der Waals surface area contributed by atoms with Crippen LogP contribution in [0.1, 0.15) is 12.8 Å². The summed E-state index contributed by atoms with van der Waals surface area (Å²) in [6.07, 6.45) is 2.39. The molecule has 0 unspecified atom stereocenters. The quantitative estimate of drug-likeness (QED) is 0.576. The van der Waals surface area contributed by atoms with Gasteiger partial charge in [-0.05, 0) is 37.0 Å². The molecule has 1 aromatic carbocycles. The van der Waals surface area contributed by atoms with Crippen molar-refractivity contribution in [2.45, 2.75) is 12.8 Å². The van der Waals surface area contributed by atoms with Crippen LogP contribution in [0.2, 0.25) is 10.0 Å². The predicted molar refractivity (Wildman–Crippen MR) is 90.0 cm³/mol. The minimum absolute atomic E-state index is 0. The van der Waals surface area contributed by atoms with Crippen LogP contribution in [0.25, 0.3) is 0 Å². The lowest BCUT2D eigenvalue weighted by molar-refractivity contribution is 0.247. The zero-order valence-corrected chi connectivity index (χ0v) is 13.8. The van der Waals surface area contributed by atoms with Crippen LogP contribution in [0.3, 0.4) is 0 Å². The van der Waals surface area contributed by atoms with Crippen molar-refractivity contribution < 1.29 is 4.79 Å². The Labute approximate surface area is 139 Å². The Morgan fingerprint density at radius 3 is 2.67 bits per heavy atom. The summed E-state index contributed by atoms with van der Waals surface area (Å²) in [5.41, 5.74) is 0.641. The van der Waals surface area contributed by atoms with E-state index in [0.29, 0.717) is 34.2 Å². The summed E-state index contributed by atoms with van der Waals surface area (Å²) in [6, 6.07) is 4.75. The molecule has 1 saturated carbocycles. The monoisotopic (exact) mass is 350 g/mol. The molecule has 21 heavy (non-hydrogen) atoms. The lowest BCUT2D eigenvalue weighted by atomic mass is 10.3. The van der Waals surface area contributed by atoms with Gasteiger partial charge in [-0.1, -0.05) is 23.2 Å². The molecule has 0 aliphatic heterocycles. The number of nitrogens with one attached hydrogen (secondary N) is 3. The molecule has 3 N–H and O–H groups in total. The van der Waals surface area contributed by atoms with Crippen molar-refractivity contribution in [3.63, 3.8) is 0 Å². The Bertz CT molecular complexity index is 532. The second-order valence-corrected chi connectivity index (χ2v) is 5.43. The van der Waals surface area contributed by atoms with E-state index in [-0.39, 0.29) is 18.4 Å². The number of carbonyl (C=O) groups is 1. The summed E-state index contributed by atoms with van der Waals surface area (Å²) < 4.78 is 0. The van der Waals surface area contributed by atoms with Gasteiger partial charge in [-0.2, -0.15) is 0 Å². The third kappa shape index (κ3) is 5.99. The van der Waals surface area contributed by atoms with Crippen LogP contribution < -0.4 is 16.0 Å². The van der Waals surface area contributed by atoms with Crippen LogP contribution in [-0.4, -0.2) is 25.6 Å². The number of hydrogen-bond acceptors (Lipinski definition) is 2. The highest BCUT2D eigenvalue weighted by Crippen LogP contribution is 2.29. The molecule has 2 rings (SSSR count). The molecule has 1 aliphatic rings. The summed E-state index contributed by atoms with van der Waals surface area (Å²) >= 11 is 11.9. The first kappa shape index (κ1) is 17.9. The number of nitrogens with zero attached hydrogens (tertiary/aromatic N) is 1. The molecule has 0 bridgehead atoms. The molecule has 116 valence electrons. The maximum Gasteiger partial charge on any atom is 0.321 e. The van der Waals surface area contributed by atoms with Crippen LogP contribution in [-0.2, 0) is 0 Å². The Kier molecular flexibility index (Phi) is 7.08. The molecular formula is C13H17Cl3N4O. The summed E-state index contributed by atoms with van der Waals surface area (Å²) in [5.74, 6) is 0.999. The summed E-state index contributed by atoms with van der Waals surface area (Å²) in [7, 11) is 1.54. The topological polar surface area (TPSA) is 65.5 Å². The van der Waals surface area contributed by atoms with E-state index in [9.17, 15) is 4.79 Å². The average molecular weight is 352 g/mol. The van der Waals surface area contributed by atoms with E-state index >= 15 is 0 Å². The fourth-order valence-corrected chi connectivity index (χ4v) is 1.98. The van der Waals surface area contributed by atoms with Crippen LogP contribution in [0.4, 0.5) is 10.5 Å². The molecule has 1 aliphatic carbocycles. The standard InChI is InChI=1S/C13H16Cl2N4O.ClH/c1-16-13(20)19-12(17-7-8-2-3-8)18-11-5-4-9(14)6-10(11)15;/h4-6,8H,2-3,7H2,1H3,(H3,16,17,18,19,20);1H. The van der Waals surface area contributed by atoms with E-state index in [1.54, 1.807) is 25.2 Å². The molecule has 0 heterocycles. The van der Waals surface area contributed by atoms with Gasteiger partial charge in [-0.15, -0.1) is 12.4 Å². The number of guanidine groups is 1. The molecule has 0 saturated heterocycles. The van der Waals surface area contributed by atoms with Crippen molar-refractivity contribution in [3.05, 3.63) is 28.2 Å². The first-order valence-corrected chi connectivity index (χ1v) is 7.09. The zero-order valence-electron chi connectivity index (χ0n) is 11.5. The smallest absolute Gasteiger partial charge is 0.321 e. The molecule has 8 heteroatoms. The number of rotatable bonds is 3. The molecule has 5 nitrogen and oxygen atoms in total. The molecule has 0 spiro atoms. The van der Waals surface area contributed by atoms with Gasteiger partial charge in [0, 0.05) is 18.6 Å². The normalized spacial score (nSPS) is 14.1. The van der Waals surface area contributed by atoms with Crippen molar-refractivity contribution in [2.24, 2.45) is 10.9 Å². The Morgan fingerprint density at radius 1 is 1.38 bits per heavy atom. The zero-order chi connectivity index (χ0) is 14.5. The second-order valence-electron chi connectivity index (χ2n) is 4.59. The SMILES string of the molecule is CNC(=O)NC(=NCC1CC1)Nc1ccc(Cl)cc1Cl.Cl. The van der Waals surface area contributed by atoms with E-state index < -0.39 is 0 Å².